The van der Waals surface area contributed by atoms with Crippen LogP contribution in [0.15, 0.2) is 52.4 Å². The number of para-hydroxylation sites is 1. The Labute approximate surface area is 166 Å². The Morgan fingerprint density at radius 3 is 2.57 bits per heavy atom. The zero-order valence-electron chi connectivity index (χ0n) is 16.1. The summed E-state index contributed by atoms with van der Waals surface area (Å²) in [4.78, 5) is 4.86. The summed E-state index contributed by atoms with van der Waals surface area (Å²) >= 11 is 0. The molecule has 0 saturated heterocycles. The van der Waals surface area contributed by atoms with Crippen LogP contribution < -0.4 is 9.46 Å². The van der Waals surface area contributed by atoms with Gasteiger partial charge in [-0.15, -0.1) is 0 Å². The maximum atomic E-state index is 12.7. The van der Waals surface area contributed by atoms with E-state index in [0.29, 0.717) is 11.3 Å². The Hall–Kier alpha value is -2.38. The second kappa shape index (κ2) is 8.75. The lowest BCUT2D eigenvalue weighted by Gasteiger charge is -2.29. The molecule has 1 saturated carbocycles. The first kappa shape index (κ1) is 20.4. The van der Waals surface area contributed by atoms with Gasteiger partial charge in [-0.3, -0.25) is 4.99 Å². The van der Waals surface area contributed by atoms with Gasteiger partial charge in [-0.2, -0.15) is 0 Å². The number of benzene rings is 2. The second-order valence-corrected chi connectivity index (χ2v) is 8.78. The number of hydrogen-bond donors (Lipinski definition) is 2. The van der Waals surface area contributed by atoms with Crippen molar-refractivity contribution in [1.29, 1.82) is 0 Å². The highest BCUT2D eigenvalue weighted by molar-refractivity contribution is 7.89. The van der Waals surface area contributed by atoms with E-state index in [-0.39, 0.29) is 22.7 Å². The molecule has 1 aliphatic rings. The zero-order valence-corrected chi connectivity index (χ0v) is 16.9. The van der Waals surface area contributed by atoms with E-state index in [1.807, 2.05) is 6.92 Å². The summed E-state index contributed by atoms with van der Waals surface area (Å²) in [6.07, 6.45) is 5.08. The molecule has 0 bridgehead atoms. The van der Waals surface area contributed by atoms with Crippen molar-refractivity contribution in [2.45, 2.75) is 49.6 Å². The minimum atomic E-state index is -3.60. The van der Waals surface area contributed by atoms with Gasteiger partial charge in [0.1, 0.15) is 0 Å². The fourth-order valence-corrected chi connectivity index (χ4v) is 4.70. The van der Waals surface area contributed by atoms with Gasteiger partial charge in [0.25, 0.3) is 0 Å². The lowest BCUT2D eigenvalue weighted by atomic mass is 9.91. The van der Waals surface area contributed by atoms with Crippen LogP contribution in [0.1, 0.15) is 36.8 Å². The molecule has 150 valence electrons. The average molecular weight is 403 g/mol. The molecule has 0 radical (unpaired) electrons. The molecule has 2 aromatic rings. The Bertz CT molecular complexity index is 939. The largest absolute Gasteiger partial charge is 0.504 e. The van der Waals surface area contributed by atoms with Crippen molar-refractivity contribution in [2.24, 2.45) is 4.99 Å². The summed E-state index contributed by atoms with van der Waals surface area (Å²) in [6, 6.07) is 11.6. The van der Waals surface area contributed by atoms with E-state index in [1.165, 1.54) is 7.11 Å². The Morgan fingerprint density at radius 2 is 1.86 bits per heavy atom. The predicted octanol–water partition coefficient (Wildman–Crippen LogP) is 3.42. The SMILES string of the molecule is COc1cccc(C=N[C@@H]2CCCC[C@H]2NS(=O)(=O)c2ccc(C)cc2)c1O. The number of rotatable bonds is 6. The van der Waals surface area contributed by atoms with Crippen LogP contribution in [0, 0.1) is 6.92 Å². The minimum absolute atomic E-state index is 0.0290. The quantitative estimate of drug-likeness (QED) is 0.725. The van der Waals surface area contributed by atoms with Crippen molar-refractivity contribution < 1.29 is 18.3 Å². The fraction of sp³-hybridized carbons (Fsp3) is 0.381. The number of ether oxygens (including phenoxy) is 1. The number of sulfonamides is 1. The number of aryl methyl sites for hydroxylation is 1. The minimum Gasteiger partial charge on any atom is -0.504 e. The molecule has 2 aromatic carbocycles. The van der Waals surface area contributed by atoms with Gasteiger partial charge < -0.3 is 9.84 Å². The monoisotopic (exact) mass is 402 g/mol. The Balaban J connectivity index is 1.78. The molecular formula is C21H26N2O4S. The molecular weight excluding hydrogens is 376 g/mol. The zero-order chi connectivity index (χ0) is 20.1. The van der Waals surface area contributed by atoms with E-state index >= 15 is 0 Å². The van der Waals surface area contributed by atoms with E-state index in [9.17, 15) is 13.5 Å². The van der Waals surface area contributed by atoms with E-state index in [4.69, 9.17) is 4.74 Å². The third kappa shape index (κ3) is 4.72. The molecule has 3 rings (SSSR count). The van der Waals surface area contributed by atoms with Gasteiger partial charge in [0.2, 0.25) is 10.0 Å². The van der Waals surface area contributed by atoms with Crippen molar-refractivity contribution in [3.63, 3.8) is 0 Å². The highest BCUT2D eigenvalue weighted by Gasteiger charge is 2.29. The summed E-state index contributed by atoms with van der Waals surface area (Å²) in [5, 5.41) is 10.2. The molecule has 28 heavy (non-hydrogen) atoms. The smallest absolute Gasteiger partial charge is 0.240 e. The first-order valence-electron chi connectivity index (χ1n) is 9.39. The molecule has 2 atom stereocenters. The van der Waals surface area contributed by atoms with Gasteiger partial charge in [0.05, 0.1) is 18.0 Å². The number of nitrogens with one attached hydrogen (secondary N) is 1. The lowest BCUT2D eigenvalue weighted by Crippen LogP contribution is -2.44. The highest BCUT2D eigenvalue weighted by Crippen LogP contribution is 2.29. The Morgan fingerprint density at radius 1 is 1.14 bits per heavy atom. The first-order valence-corrected chi connectivity index (χ1v) is 10.9. The summed E-state index contributed by atoms with van der Waals surface area (Å²) in [5.74, 6) is 0.408. The topological polar surface area (TPSA) is 88.0 Å². The first-order chi connectivity index (χ1) is 13.4. The molecule has 2 N–H and O–H groups in total. The molecule has 0 amide bonds. The van der Waals surface area contributed by atoms with Crippen LogP contribution in [0.3, 0.4) is 0 Å². The van der Waals surface area contributed by atoms with E-state index < -0.39 is 10.0 Å². The van der Waals surface area contributed by atoms with Crippen LogP contribution >= 0.6 is 0 Å². The van der Waals surface area contributed by atoms with E-state index in [2.05, 4.69) is 9.71 Å². The summed E-state index contributed by atoms with van der Waals surface area (Å²) in [7, 11) is -2.11. The van der Waals surface area contributed by atoms with Gasteiger partial charge in [0, 0.05) is 17.8 Å². The van der Waals surface area contributed by atoms with Crippen LogP contribution in [0.4, 0.5) is 0 Å². The van der Waals surface area contributed by atoms with Gasteiger partial charge in [0.15, 0.2) is 11.5 Å². The molecule has 0 unspecified atom stereocenters. The lowest BCUT2D eigenvalue weighted by molar-refractivity contribution is 0.363. The Kier molecular flexibility index (Phi) is 6.36. The van der Waals surface area contributed by atoms with Crippen LogP contribution in [-0.4, -0.2) is 38.9 Å². The molecule has 1 fully saturated rings. The normalized spacial score (nSPS) is 20.4. The average Bonchev–Trinajstić information content (AvgIpc) is 2.68. The van der Waals surface area contributed by atoms with E-state index in [1.54, 1.807) is 48.7 Å². The second-order valence-electron chi connectivity index (χ2n) is 7.07. The van der Waals surface area contributed by atoms with Gasteiger partial charge >= 0.3 is 0 Å². The summed E-state index contributed by atoms with van der Waals surface area (Å²) in [6.45, 7) is 1.92. The van der Waals surface area contributed by atoms with Gasteiger partial charge in [-0.05, 0) is 44.0 Å². The number of nitrogens with zero attached hydrogens (tertiary/aromatic N) is 1. The summed E-state index contributed by atoms with van der Waals surface area (Å²) in [5.41, 5.74) is 1.56. The van der Waals surface area contributed by atoms with Crippen molar-refractivity contribution in [2.75, 3.05) is 7.11 Å². The van der Waals surface area contributed by atoms with Crippen molar-refractivity contribution in [1.82, 2.24) is 4.72 Å². The number of aliphatic imine (C=N–C) groups is 1. The predicted molar refractivity (Wildman–Crippen MR) is 110 cm³/mol. The maximum Gasteiger partial charge on any atom is 0.240 e. The number of methoxy groups -OCH3 is 1. The third-order valence-electron chi connectivity index (χ3n) is 5.02. The van der Waals surface area contributed by atoms with Crippen LogP contribution in [0.5, 0.6) is 11.5 Å². The number of hydrogen-bond acceptors (Lipinski definition) is 5. The van der Waals surface area contributed by atoms with Crippen LogP contribution in [0.2, 0.25) is 0 Å². The van der Waals surface area contributed by atoms with Gasteiger partial charge in [-0.25, -0.2) is 13.1 Å². The van der Waals surface area contributed by atoms with Crippen LogP contribution in [0.25, 0.3) is 0 Å². The summed E-state index contributed by atoms with van der Waals surface area (Å²) < 4.78 is 33.4. The standard InChI is InChI=1S/C21H26N2O4S/c1-15-10-12-17(13-11-15)28(25,26)23-19-8-4-3-7-18(19)22-14-16-6-5-9-20(27-2)21(16)24/h5-6,9-14,18-19,23-24H,3-4,7-8H2,1-2H3/t18-,19-/m1/s1. The number of phenolic OH excluding ortho intramolecular Hbond substituents is 1. The maximum absolute atomic E-state index is 12.7. The van der Waals surface area contributed by atoms with Crippen molar-refractivity contribution >= 4 is 16.2 Å². The van der Waals surface area contributed by atoms with Crippen LogP contribution in [-0.2, 0) is 10.0 Å². The molecule has 0 spiro atoms. The molecule has 7 heteroatoms. The molecule has 0 aliphatic heterocycles. The molecule has 6 nitrogen and oxygen atoms in total. The number of aromatic hydroxyl groups is 1. The molecule has 1 aliphatic carbocycles. The van der Waals surface area contributed by atoms with Gasteiger partial charge in [-0.1, -0.05) is 36.6 Å². The fourth-order valence-electron chi connectivity index (χ4n) is 3.40. The van der Waals surface area contributed by atoms with E-state index in [0.717, 1.165) is 31.2 Å². The molecule has 0 aromatic heterocycles. The number of phenols is 1. The van der Waals surface area contributed by atoms with Crippen molar-refractivity contribution in [3.05, 3.63) is 53.6 Å². The third-order valence-corrected chi connectivity index (χ3v) is 6.53. The molecule has 0 heterocycles. The highest BCUT2D eigenvalue weighted by atomic mass is 32.2. The van der Waals surface area contributed by atoms with Crippen molar-refractivity contribution in [3.8, 4) is 11.5 Å².